The van der Waals surface area contributed by atoms with Gasteiger partial charge in [-0.3, -0.25) is 14.7 Å². The smallest absolute Gasteiger partial charge is 0.254 e. The van der Waals surface area contributed by atoms with Gasteiger partial charge in [-0.25, -0.2) is 0 Å². The lowest BCUT2D eigenvalue weighted by molar-refractivity contribution is 0.0178. The molecule has 1 fully saturated rings. The Labute approximate surface area is 125 Å². The van der Waals surface area contributed by atoms with Gasteiger partial charge in [0.1, 0.15) is 0 Å². The molecule has 3 N–H and O–H groups in total. The molecule has 0 bridgehead atoms. The maximum absolute atomic E-state index is 12.4. The molecule has 1 aliphatic rings. The van der Waals surface area contributed by atoms with Gasteiger partial charge in [0, 0.05) is 51.0 Å². The Balaban J connectivity index is 1.94. The predicted octanol–water partition coefficient (Wildman–Crippen LogP) is 0.0690. The molecule has 1 aromatic rings. The van der Waals surface area contributed by atoms with E-state index in [2.05, 4.69) is 9.88 Å². The van der Waals surface area contributed by atoms with Gasteiger partial charge >= 0.3 is 0 Å². The Morgan fingerprint density at radius 3 is 2.62 bits per heavy atom. The number of piperazine rings is 1. The van der Waals surface area contributed by atoms with E-state index < -0.39 is 5.60 Å². The van der Waals surface area contributed by atoms with E-state index in [0.29, 0.717) is 31.7 Å². The van der Waals surface area contributed by atoms with Crippen LogP contribution in [0.1, 0.15) is 29.9 Å². The van der Waals surface area contributed by atoms with Crippen LogP contribution in [0.5, 0.6) is 0 Å². The second kappa shape index (κ2) is 6.51. The summed E-state index contributed by atoms with van der Waals surface area (Å²) in [6.45, 7) is 7.48. The average molecular weight is 292 g/mol. The summed E-state index contributed by atoms with van der Waals surface area (Å²) in [4.78, 5) is 20.6. The van der Waals surface area contributed by atoms with Gasteiger partial charge in [-0.1, -0.05) is 0 Å². The van der Waals surface area contributed by atoms with E-state index in [1.807, 2.05) is 4.90 Å². The third-order valence-corrected chi connectivity index (χ3v) is 3.54. The Kier molecular flexibility index (Phi) is 4.92. The summed E-state index contributed by atoms with van der Waals surface area (Å²) in [7, 11) is 0. The van der Waals surface area contributed by atoms with Crippen molar-refractivity contribution in [2.45, 2.75) is 26.0 Å². The zero-order chi connectivity index (χ0) is 15.5. The van der Waals surface area contributed by atoms with Crippen LogP contribution >= 0.6 is 0 Å². The van der Waals surface area contributed by atoms with Crippen LogP contribution in [0.3, 0.4) is 0 Å². The summed E-state index contributed by atoms with van der Waals surface area (Å²) in [5.74, 6) is 0.0232. The lowest BCUT2D eigenvalue weighted by Crippen LogP contribution is -2.52. The molecular formula is C15H24N4O2. The molecule has 116 valence electrons. The van der Waals surface area contributed by atoms with Gasteiger partial charge in [-0.2, -0.15) is 0 Å². The molecule has 6 heteroatoms. The predicted molar refractivity (Wildman–Crippen MR) is 80.8 cm³/mol. The molecule has 21 heavy (non-hydrogen) atoms. The monoisotopic (exact) mass is 292 g/mol. The first kappa shape index (κ1) is 15.9. The summed E-state index contributed by atoms with van der Waals surface area (Å²) < 4.78 is 0. The van der Waals surface area contributed by atoms with Crippen molar-refractivity contribution in [1.29, 1.82) is 0 Å². The first-order valence-corrected chi connectivity index (χ1v) is 7.28. The van der Waals surface area contributed by atoms with Crippen LogP contribution in [0.15, 0.2) is 18.3 Å². The molecule has 1 aliphatic heterocycles. The maximum atomic E-state index is 12.4. The van der Waals surface area contributed by atoms with Crippen molar-refractivity contribution >= 4 is 5.91 Å². The molecule has 2 rings (SSSR count). The number of nitrogens with zero attached hydrogens (tertiary/aromatic N) is 3. The number of pyridine rings is 1. The van der Waals surface area contributed by atoms with Crippen LogP contribution in [0.2, 0.25) is 0 Å². The molecule has 0 atom stereocenters. The molecule has 1 aromatic heterocycles. The first-order valence-electron chi connectivity index (χ1n) is 7.28. The molecule has 6 nitrogen and oxygen atoms in total. The fraction of sp³-hybridized carbons (Fsp3) is 0.600. The normalized spacial score (nSPS) is 17.0. The SMILES string of the molecule is CC(C)(O)CN1CCN(C(=O)c2ccnc(CN)c2)CC1. The minimum absolute atomic E-state index is 0.0232. The number of aromatic nitrogens is 1. The summed E-state index contributed by atoms with van der Waals surface area (Å²) >= 11 is 0. The fourth-order valence-corrected chi connectivity index (χ4v) is 2.56. The van der Waals surface area contributed by atoms with Gasteiger partial charge in [0.25, 0.3) is 5.91 Å². The van der Waals surface area contributed by atoms with Crippen molar-refractivity contribution in [1.82, 2.24) is 14.8 Å². The van der Waals surface area contributed by atoms with Crippen molar-refractivity contribution in [3.05, 3.63) is 29.6 Å². The highest BCUT2D eigenvalue weighted by molar-refractivity contribution is 5.94. The summed E-state index contributed by atoms with van der Waals surface area (Å²) in [6.07, 6.45) is 1.62. The maximum Gasteiger partial charge on any atom is 0.254 e. The highest BCUT2D eigenvalue weighted by atomic mass is 16.3. The minimum Gasteiger partial charge on any atom is -0.389 e. The van der Waals surface area contributed by atoms with E-state index in [-0.39, 0.29) is 5.91 Å². The number of carbonyl (C=O) groups is 1. The van der Waals surface area contributed by atoms with E-state index in [1.165, 1.54) is 0 Å². The quantitative estimate of drug-likeness (QED) is 0.820. The number of nitrogens with two attached hydrogens (primary N) is 1. The van der Waals surface area contributed by atoms with Crippen molar-refractivity contribution in [3.8, 4) is 0 Å². The lowest BCUT2D eigenvalue weighted by atomic mass is 10.1. The molecule has 0 saturated carbocycles. The molecule has 1 amide bonds. The molecule has 0 unspecified atom stereocenters. The third kappa shape index (κ3) is 4.49. The van der Waals surface area contributed by atoms with Crippen molar-refractivity contribution in [3.63, 3.8) is 0 Å². The average Bonchev–Trinajstić information content (AvgIpc) is 2.46. The number of aliphatic hydroxyl groups is 1. The molecule has 0 radical (unpaired) electrons. The van der Waals surface area contributed by atoms with Gasteiger partial charge < -0.3 is 15.7 Å². The second-order valence-corrected chi connectivity index (χ2v) is 6.12. The van der Waals surface area contributed by atoms with Crippen LogP contribution < -0.4 is 5.73 Å². The number of amides is 1. The number of β-amino-alcohol motifs (C(OH)–C–C–N with tert-alkyl or cyclic N) is 1. The third-order valence-electron chi connectivity index (χ3n) is 3.54. The minimum atomic E-state index is -0.701. The molecular weight excluding hydrogens is 268 g/mol. The number of carbonyl (C=O) groups excluding carboxylic acids is 1. The zero-order valence-electron chi connectivity index (χ0n) is 12.7. The Bertz CT molecular complexity index is 491. The van der Waals surface area contributed by atoms with Crippen LogP contribution in [0, 0.1) is 0 Å². The highest BCUT2D eigenvalue weighted by Gasteiger charge is 2.25. The van der Waals surface area contributed by atoms with E-state index in [0.717, 1.165) is 18.8 Å². The van der Waals surface area contributed by atoms with Gasteiger partial charge in [-0.05, 0) is 26.0 Å². The number of hydrogen-bond donors (Lipinski definition) is 2. The zero-order valence-corrected chi connectivity index (χ0v) is 12.7. The van der Waals surface area contributed by atoms with Gasteiger partial charge in [0.05, 0.1) is 11.3 Å². The lowest BCUT2D eigenvalue weighted by Gasteiger charge is -2.37. The first-order chi connectivity index (χ1) is 9.89. The van der Waals surface area contributed by atoms with Crippen LogP contribution in [-0.2, 0) is 6.54 Å². The van der Waals surface area contributed by atoms with Crippen molar-refractivity contribution < 1.29 is 9.90 Å². The molecule has 2 heterocycles. The molecule has 0 aliphatic carbocycles. The highest BCUT2D eigenvalue weighted by Crippen LogP contribution is 2.12. The standard InChI is InChI=1S/C15H24N4O2/c1-15(2,21)11-18-5-7-19(8-6-18)14(20)12-3-4-17-13(9-12)10-16/h3-4,9,21H,5-8,10-11,16H2,1-2H3. The van der Waals surface area contributed by atoms with E-state index in [9.17, 15) is 9.90 Å². The largest absolute Gasteiger partial charge is 0.389 e. The van der Waals surface area contributed by atoms with Crippen LogP contribution in [0.4, 0.5) is 0 Å². The van der Waals surface area contributed by atoms with E-state index >= 15 is 0 Å². The van der Waals surface area contributed by atoms with Crippen molar-refractivity contribution in [2.75, 3.05) is 32.7 Å². The Morgan fingerprint density at radius 1 is 1.38 bits per heavy atom. The molecule has 0 spiro atoms. The summed E-state index contributed by atoms with van der Waals surface area (Å²) in [5, 5.41) is 9.84. The Morgan fingerprint density at radius 2 is 2.05 bits per heavy atom. The Hall–Kier alpha value is -1.50. The number of hydrogen-bond acceptors (Lipinski definition) is 5. The molecule has 1 saturated heterocycles. The number of rotatable bonds is 4. The van der Waals surface area contributed by atoms with Gasteiger partial charge in [0.2, 0.25) is 0 Å². The summed E-state index contributed by atoms with van der Waals surface area (Å²) in [5.41, 5.74) is 6.22. The fourth-order valence-electron chi connectivity index (χ4n) is 2.56. The van der Waals surface area contributed by atoms with E-state index in [4.69, 9.17) is 5.73 Å². The van der Waals surface area contributed by atoms with Gasteiger partial charge in [0.15, 0.2) is 0 Å². The van der Waals surface area contributed by atoms with Crippen molar-refractivity contribution in [2.24, 2.45) is 5.73 Å². The van der Waals surface area contributed by atoms with Gasteiger partial charge in [-0.15, -0.1) is 0 Å². The topological polar surface area (TPSA) is 82.7 Å². The van der Waals surface area contributed by atoms with E-state index in [1.54, 1.807) is 32.2 Å². The second-order valence-electron chi connectivity index (χ2n) is 6.12. The summed E-state index contributed by atoms with van der Waals surface area (Å²) in [6, 6.07) is 3.48. The van der Waals surface area contributed by atoms with Crippen LogP contribution in [0.25, 0.3) is 0 Å². The molecule has 0 aromatic carbocycles. The van der Waals surface area contributed by atoms with Crippen LogP contribution in [-0.4, -0.2) is 64.1 Å².